The second kappa shape index (κ2) is 13.0. The van der Waals surface area contributed by atoms with E-state index in [0.29, 0.717) is 12.8 Å². The van der Waals surface area contributed by atoms with Gasteiger partial charge >= 0.3 is 23.3 Å². The molecule has 1 aliphatic carbocycles. The highest BCUT2D eigenvalue weighted by Crippen LogP contribution is 2.37. The van der Waals surface area contributed by atoms with Gasteiger partial charge < -0.3 is 15.2 Å². The van der Waals surface area contributed by atoms with E-state index < -0.39 is 66.2 Å². The number of aromatic nitrogens is 7. The van der Waals surface area contributed by atoms with Gasteiger partial charge in [0.05, 0.1) is 28.1 Å². The standard InChI is InChI=1S/C26H26Cl2N8O8/c27-14-5-3-6-15(28)22(14)24(41)44-12-19(37)16(11-21(38)39)29-23(40)18-10-13-4-1-2-7-17(13)35-25(42)34(26(43)36(18)35)9-8-20-30-32-33-31-20/h3,5-6,10,16-18H,1-2,4,7-9,11-12H2,(H,29,40)(H,38,39)(H,30,31,32,33)/t16-,17?,18?/m0/s1. The Morgan fingerprint density at radius 2 is 1.84 bits per heavy atom. The topological polar surface area (TPSA) is 213 Å². The van der Waals surface area contributed by atoms with Gasteiger partial charge in [0.1, 0.15) is 6.04 Å². The summed E-state index contributed by atoms with van der Waals surface area (Å²) in [6.45, 7) is -0.981. The first-order valence-electron chi connectivity index (χ1n) is 13.6. The lowest BCUT2D eigenvalue weighted by molar-refractivity contribution is -0.140. The number of nitrogens with zero attached hydrogens (tertiary/aromatic N) is 6. The Hall–Kier alpha value is -4.57. The Labute approximate surface area is 257 Å². The summed E-state index contributed by atoms with van der Waals surface area (Å²) in [5.41, 5.74) is -0.803. The second-order valence-corrected chi connectivity index (χ2v) is 11.0. The van der Waals surface area contributed by atoms with Crippen LogP contribution >= 0.6 is 23.2 Å². The summed E-state index contributed by atoms with van der Waals surface area (Å²) >= 11 is 12.0. The number of aryl methyl sites for hydroxylation is 1. The number of hydrogen-bond acceptors (Lipinski definition) is 10. The highest BCUT2D eigenvalue weighted by atomic mass is 35.5. The normalized spacial score (nSPS) is 18.0. The number of aliphatic carboxylic acids is 1. The predicted octanol–water partition coefficient (Wildman–Crippen LogP) is 0.856. The van der Waals surface area contributed by atoms with Crippen molar-refractivity contribution in [1.29, 1.82) is 0 Å². The quantitative estimate of drug-likeness (QED) is 0.196. The zero-order valence-electron chi connectivity index (χ0n) is 22.9. The maximum absolute atomic E-state index is 13.6. The Morgan fingerprint density at radius 3 is 2.52 bits per heavy atom. The van der Waals surface area contributed by atoms with Crippen LogP contribution in [0.3, 0.4) is 0 Å². The molecule has 0 saturated heterocycles. The molecule has 0 spiro atoms. The van der Waals surface area contributed by atoms with Crippen molar-refractivity contribution in [1.82, 2.24) is 39.9 Å². The third kappa shape index (κ3) is 6.21. The number of esters is 1. The number of carbonyl (C=O) groups excluding carboxylic acids is 3. The predicted molar refractivity (Wildman–Crippen MR) is 151 cm³/mol. The smallest absolute Gasteiger partial charge is 0.348 e. The van der Waals surface area contributed by atoms with Crippen molar-refractivity contribution in [2.24, 2.45) is 0 Å². The van der Waals surface area contributed by atoms with E-state index in [9.17, 15) is 33.9 Å². The van der Waals surface area contributed by atoms with Crippen LogP contribution in [0.25, 0.3) is 0 Å². The van der Waals surface area contributed by atoms with E-state index in [1.807, 2.05) is 0 Å². The van der Waals surface area contributed by atoms with Crippen LogP contribution in [0.2, 0.25) is 10.0 Å². The second-order valence-electron chi connectivity index (χ2n) is 10.2. The molecular weight excluding hydrogens is 623 g/mol. The van der Waals surface area contributed by atoms with Crippen molar-refractivity contribution < 1.29 is 29.0 Å². The Bertz CT molecular complexity index is 1740. The summed E-state index contributed by atoms with van der Waals surface area (Å²) < 4.78 is 8.28. The lowest BCUT2D eigenvalue weighted by Crippen LogP contribution is -2.50. The Kier molecular flexibility index (Phi) is 9.10. The molecule has 18 heteroatoms. The maximum Gasteiger partial charge on any atom is 0.348 e. The van der Waals surface area contributed by atoms with Gasteiger partial charge in [-0.3, -0.25) is 14.4 Å². The van der Waals surface area contributed by atoms with Gasteiger partial charge in [0, 0.05) is 13.0 Å². The van der Waals surface area contributed by atoms with E-state index in [0.717, 1.165) is 27.7 Å². The number of carbonyl (C=O) groups is 4. The molecule has 1 aliphatic heterocycles. The van der Waals surface area contributed by atoms with E-state index in [2.05, 4.69) is 25.9 Å². The van der Waals surface area contributed by atoms with Crippen LogP contribution in [-0.2, 0) is 32.1 Å². The van der Waals surface area contributed by atoms with Crippen molar-refractivity contribution >= 4 is 46.8 Å². The van der Waals surface area contributed by atoms with Crippen molar-refractivity contribution in [3.05, 3.63) is 72.2 Å². The number of hydrogen-bond donors (Lipinski definition) is 3. The molecule has 2 aliphatic rings. The number of amides is 1. The number of carboxylic acid groups (broad SMARTS) is 1. The average molecular weight is 649 g/mol. The SMILES string of the molecule is O=C(O)C[C@H](NC(=O)C1C=C2CCCCC2n2c(=O)n(CCc3nn[nH]n3)c(=O)n21)C(=O)COC(=O)c1c(Cl)cccc1Cl. The Morgan fingerprint density at radius 1 is 1.11 bits per heavy atom. The number of aromatic amines is 1. The highest BCUT2D eigenvalue weighted by Gasteiger charge is 2.38. The van der Waals surface area contributed by atoms with Crippen molar-refractivity contribution in [3.8, 4) is 0 Å². The van der Waals surface area contributed by atoms with Crippen molar-refractivity contribution in [2.45, 2.75) is 63.2 Å². The molecule has 16 nitrogen and oxygen atoms in total. The third-order valence-electron chi connectivity index (χ3n) is 7.45. The highest BCUT2D eigenvalue weighted by molar-refractivity contribution is 6.39. The van der Waals surface area contributed by atoms with Crippen molar-refractivity contribution in [2.75, 3.05) is 6.61 Å². The molecule has 44 heavy (non-hydrogen) atoms. The van der Waals surface area contributed by atoms with Gasteiger partial charge in [-0.25, -0.2) is 28.3 Å². The molecular formula is C26H26Cl2N8O8. The van der Waals surface area contributed by atoms with Crippen LogP contribution in [-0.4, -0.2) is 75.9 Å². The van der Waals surface area contributed by atoms with Crippen LogP contribution in [0.4, 0.5) is 0 Å². The number of nitrogens with one attached hydrogen (secondary N) is 2. The number of fused-ring (bicyclic) bond motifs is 3. The Balaban J connectivity index is 1.39. The fourth-order valence-electron chi connectivity index (χ4n) is 5.37. The first kappa shape index (κ1) is 30.9. The number of H-pyrrole nitrogens is 1. The van der Waals surface area contributed by atoms with Crippen LogP contribution in [0.15, 0.2) is 39.4 Å². The van der Waals surface area contributed by atoms with Crippen LogP contribution in [0.1, 0.15) is 60.4 Å². The molecule has 3 N–H and O–H groups in total. The number of allylic oxidation sites excluding steroid dienone is 1. The largest absolute Gasteiger partial charge is 0.481 e. The number of rotatable bonds is 11. The van der Waals surface area contributed by atoms with Gasteiger partial charge in [-0.1, -0.05) is 40.9 Å². The third-order valence-corrected chi connectivity index (χ3v) is 8.08. The summed E-state index contributed by atoms with van der Waals surface area (Å²) in [5, 5.41) is 25.2. The molecule has 3 aromatic rings. The molecule has 232 valence electrons. The fraction of sp³-hybridized carbons (Fsp3) is 0.423. The number of halogens is 2. The van der Waals surface area contributed by atoms with Gasteiger partial charge in [-0.15, -0.1) is 10.2 Å². The summed E-state index contributed by atoms with van der Waals surface area (Å²) in [6.07, 6.45) is 3.64. The number of ether oxygens (including phenoxy) is 1. The maximum atomic E-state index is 13.6. The molecule has 1 saturated carbocycles. The van der Waals surface area contributed by atoms with Crippen LogP contribution in [0.5, 0.6) is 0 Å². The molecule has 0 bridgehead atoms. The summed E-state index contributed by atoms with van der Waals surface area (Å²) in [6, 6.07) is 0.873. The minimum absolute atomic E-state index is 0.0163. The number of benzene rings is 1. The molecule has 3 atom stereocenters. The number of Topliss-reactive ketones (excluding diaryl/α,β-unsaturated/α-hetero) is 1. The molecule has 2 unspecified atom stereocenters. The van der Waals surface area contributed by atoms with Gasteiger partial charge in [0.2, 0.25) is 5.91 Å². The zero-order valence-corrected chi connectivity index (χ0v) is 24.5. The molecule has 1 amide bonds. The summed E-state index contributed by atoms with van der Waals surface area (Å²) in [4.78, 5) is 77.8. The minimum atomic E-state index is -1.63. The molecule has 1 aromatic carbocycles. The fourth-order valence-corrected chi connectivity index (χ4v) is 5.93. The van der Waals surface area contributed by atoms with Gasteiger partial charge in [0.25, 0.3) is 0 Å². The lowest BCUT2D eigenvalue weighted by atomic mass is 9.87. The van der Waals surface area contributed by atoms with Gasteiger partial charge in [0.15, 0.2) is 24.3 Å². The number of carboxylic acids is 1. The minimum Gasteiger partial charge on any atom is -0.481 e. The first-order valence-corrected chi connectivity index (χ1v) is 14.3. The molecule has 5 rings (SSSR count). The molecule has 1 fully saturated rings. The molecule has 0 radical (unpaired) electrons. The number of tetrazole rings is 1. The lowest BCUT2D eigenvalue weighted by Gasteiger charge is -2.34. The first-order chi connectivity index (χ1) is 21.1. The summed E-state index contributed by atoms with van der Waals surface area (Å²) in [5.74, 6) is -3.98. The van der Waals surface area contributed by atoms with Crippen LogP contribution in [0, 0.1) is 0 Å². The average Bonchev–Trinajstić information content (AvgIpc) is 3.59. The molecule has 2 aromatic heterocycles. The van der Waals surface area contributed by atoms with E-state index in [4.69, 9.17) is 27.9 Å². The van der Waals surface area contributed by atoms with E-state index in [1.165, 1.54) is 22.9 Å². The number of ketones is 1. The summed E-state index contributed by atoms with van der Waals surface area (Å²) in [7, 11) is 0. The van der Waals surface area contributed by atoms with Gasteiger partial charge in [-0.05, 0) is 43.0 Å². The van der Waals surface area contributed by atoms with Crippen molar-refractivity contribution in [3.63, 3.8) is 0 Å². The zero-order chi connectivity index (χ0) is 31.5. The van der Waals surface area contributed by atoms with Gasteiger partial charge in [-0.2, -0.15) is 5.21 Å². The van der Waals surface area contributed by atoms with E-state index in [1.54, 1.807) is 6.08 Å². The van der Waals surface area contributed by atoms with Crippen LogP contribution < -0.4 is 16.7 Å². The monoisotopic (exact) mass is 648 g/mol. The van der Waals surface area contributed by atoms with E-state index >= 15 is 0 Å². The van der Waals surface area contributed by atoms with E-state index in [-0.39, 0.29) is 34.4 Å². The molecule has 3 heterocycles.